The predicted octanol–water partition coefficient (Wildman–Crippen LogP) is 4.72. The lowest BCUT2D eigenvalue weighted by Crippen LogP contribution is -2.19. The Kier molecular flexibility index (Phi) is 4.75. The molecule has 0 spiro atoms. The molecular weight excluding hydrogens is 317 g/mol. The molecule has 0 aliphatic carbocycles. The summed E-state index contributed by atoms with van der Waals surface area (Å²) in [6, 6.07) is 8.51. The second-order valence-electron chi connectivity index (χ2n) is 4.22. The second kappa shape index (κ2) is 6.35. The third-order valence-corrected chi connectivity index (χ3v) is 4.18. The number of halogens is 2. The highest BCUT2D eigenvalue weighted by molar-refractivity contribution is 7.20. The standard InChI is InChI=1S/C13H13Cl2N3OS/c1-7(10-6-11(14)20-12(10)15)17-8-3-2-4-9(5-8)18-13(16)19/h2-7,17H,1H3,(H3,16,18,19). The number of amides is 2. The van der Waals surface area contributed by atoms with Crippen molar-refractivity contribution in [2.75, 3.05) is 10.6 Å². The van der Waals surface area contributed by atoms with Crippen LogP contribution < -0.4 is 16.4 Å². The molecule has 1 aromatic carbocycles. The maximum Gasteiger partial charge on any atom is 0.316 e. The van der Waals surface area contributed by atoms with Crippen molar-refractivity contribution in [2.45, 2.75) is 13.0 Å². The number of nitrogens with two attached hydrogens (primary N) is 1. The number of hydrogen-bond acceptors (Lipinski definition) is 3. The van der Waals surface area contributed by atoms with E-state index in [1.165, 1.54) is 11.3 Å². The van der Waals surface area contributed by atoms with Gasteiger partial charge in [-0.1, -0.05) is 29.3 Å². The van der Waals surface area contributed by atoms with E-state index in [4.69, 9.17) is 28.9 Å². The average Bonchev–Trinajstić information content (AvgIpc) is 2.68. The van der Waals surface area contributed by atoms with Gasteiger partial charge in [0.05, 0.1) is 14.7 Å². The van der Waals surface area contributed by atoms with Gasteiger partial charge in [0.25, 0.3) is 0 Å². The lowest BCUT2D eigenvalue weighted by Gasteiger charge is -2.15. The number of thiophene rings is 1. The first-order valence-electron chi connectivity index (χ1n) is 5.83. The van der Waals surface area contributed by atoms with E-state index < -0.39 is 6.03 Å². The Balaban J connectivity index is 2.13. The molecule has 2 aromatic rings. The molecule has 2 amide bonds. The average molecular weight is 330 g/mol. The Morgan fingerprint density at radius 3 is 2.60 bits per heavy atom. The summed E-state index contributed by atoms with van der Waals surface area (Å²) in [4.78, 5) is 10.8. The highest BCUT2D eigenvalue weighted by Gasteiger charge is 2.13. The quantitative estimate of drug-likeness (QED) is 0.759. The second-order valence-corrected chi connectivity index (χ2v) is 6.50. The van der Waals surface area contributed by atoms with E-state index in [0.717, 1.165) is 11.3 Å². The summed E-state index contributed by atoms with van der Waals surface area (Å²) in [5.74, 6) is 0. The first kappa shape index (κ1) is 15.0. The van der Waals surface area contributed by atoms with E-state index in [-0.39, 0.29) is 6.04 Å². The summed E-state index contributed by atoms with van der Waals surface area (Å²) in [7, 11) is 0. The Hall–Kier alpha value is -1.43. The molecule has 20 heavy (non-hydrogen) atoms. The number of hydrogen-bond donors (Lipinski definition) is 3. The number of benzene rings is 1. The topological polar surface area (TPSA) is 67.2 Å². The number of rotatable bonds is 4. The van der Waals surface area contributed by atoms with Crippen molar-refractivity contribution >= 4 is 51.9 Å². The molecule has 1 unspecified atom stereocenters. The molecule has 0 bridgehead atoms. The van der Waals surface area contributed by atoms with Gasteiger partial charge in [-0.3, -0.25) is 0 Å². The number of carbonyl (C=O) groups is 1. The Labute approximate surface area is 130 Å². The van der Waals surface area contributed by atoms with Crippen molar-refractivity contribution in [1.82, 2.24) is 0 Å². The molecule has 0 saturated heterocycles. The molecule has 1 aromatic heterocycles. The van der Waals surface area contributed by atoms with Crippen LogP contribution in [0.2, 0.25) is 8.67 Å². The zero-order valence-corrected chi connectivity index (χ0v) is 12.9. The molecule has 4 nitrogen and oxygen atoms in total. The molecule has 1 heterocycles. The van der Waals surface area contributed by atoms with E-state index in [0.29, 0.717) is 14.4 Å². The van der Waals surface area contributed by atoms with E-state index in [9.17, 15) is 4.79 Å². The zero-order valence-electron chi connectivity index (χ0n) is 10.6. The lowest BCUT2D eigenvalue weighted by atomic mass is 10.1. The monoisotopic (exact) mass is 329 g/mol. The minimum Gasteiger partial charge on any atom is -0.378 e. The molecule has 1 atom stereocenters. The van der Waals surface area contributed by atoms with Gasteiger partial charge in [-0.25, -0.2) is 4.79 Å². The van der Waals surface area contributed by atoms with E-state index in [1.807, 2.05) is 25.1 Å². The number of carbonyl (C=O) groups excluding carboxylic acids is 1. The SMILES string of the molecule is CC(Nc1cccc(NC(N)=O)c1)c1cc(Cl)sc1Cl. The number of primary amides is 1. The molecule has 4 N–H and O–H groups in total. The van der Waals surface area contributed by atoms with Crippen molar-refractivity contribution in [3.63, 3.8) is 0 Å². The van der Waals surface area contributed by atoms with Gasteiger partial charge in [-0.05, 0) is 31.2 Å². The number of nitrogens with one attached hydrogen (secondary N) is 2. The summed E-state index contributed by atoms with van der Waals surface area (Å²) < 4.78 is 1.32. The third kappa shape index (κ3) is 3.79. The van der Waals surface area contributed by atoms with Crippen LogP contribution in [0.15, 0.2) is 30.3 Å². The van der Waals surface area contributed by atoms with Crippen LogP contribution in [0, 0.1) is 0 Å². The summed E-state index contributed by atoms with van der Waals surface area (Å²) in [6.07, 6.45) is 0. The smallest absolute Gasteiger partial charge is 0.316 e. The van der Waals surface area contributed by atoms with Crippen molar-refractivity contribution < 1.29 is 4.79 Å². The molecule has 0 aliphatic rings. The van der Waals surface area contributed by atoms with Crippen molar-refractivity contribution in [1.29, 1.82) is 0 Å². The van der Waals surface area contributed by atoms with Gasteiger partial charge in [0.15, 0.2) is 0 Å². The molecule has 106 valence electrons. The van der Waals surface area contributed by atoms with Crippen LogP contribution in [-0.2, 0) is 0 Å². The van der Waals surface area contributed by atoms with Crippen molar-refractivity contribution in [2.24, 2.45) is 5.73 Å². The van der Waals surface area contributed by atoms with E-state index >= 15 is 0 Å². The first-order valence-corrected chi connectivity index (χ1v) is 7.40. The fourth-order valence-electron chi connectivity index (χ4n) is 1.80. The normalized spacial score (nSPS) is 11.9. The van der Waals surface area contributed by atoms with E-state index in [2.05, 4.69) is 10.6 Å². The van der Waals surface area contributed by atoms with Gasteiger partial charge < -0.3 is 16.4 Å². The molecule has 0 fully saturated rings. The molecule has 7 heteroatoms. The summed E-state index contributed by atoms with van der Waals surface area (Å²) in [6.45, 7) is 1.98. The van der Waals surface area contributed by atoms with Crippen LogP contribution >= 0.6 is 34.5 Å². The third-order valence-electron chi connectivity index (χ3n) is 2.66. The van der Waals surface area contributed by atoms with Crippen LogP contribution in [0.25, 0.3) is 0 Å². The first-order chi connectivity index (χ1) is 9.45. The maximum absolute atomic E-state index is 10.8. The van der Waals surface area contributed by atoms with Gasteiger partial charge in [-0.2, -0.15) is 0 Å². The number of anilines is 2. The summed E-state index contributed by atoms with van der Waals surface area (Å²) >= 11 is 13.4. The fraction of sp³-hybridized carbons (Fsp3) is 0.154. The van der Waals surface area contributed by atoms with Gasteiger partial charge in [0.2, 0.25) is 0 Å². The molecule has 0 aliphatic heterocycles. The Morgan fingerprint density at radius 2 is 2.00 bits per heavy atom. The molecule has 0 saturated carbocycles. The Morgan fingerprint density at radius 1 is 1.30 bits per heavy atom. The zero-order chi connectivity index (χ0) is 14.7. The number of urea groups is 1. The van der Waals surface area contributed by atoms with E-state index in [1.54, 1.807) is 12.1 Å². The molecule has 2 rings (SSSR count). The summed E-state index contributed by atoms with van der Waals surface area (Å²) in [5.41, 5.74) is 7.51. The van der Waals surface area contributed by atoms with Gasteiger partial charge in [0.1, 0.15) is 0 Å². The minimum atomic E-state index is -0.595. The largest absolute Gasteiger partial charge is 0.378 e. The maximum atomic E-state index is 10.8. The van der Waals surface area contributed by atoms with Crippen LogP contribution in [0.1, 0.15) is 18.5 Å². The Bertz CT molecular complexity index is 630. The van der Waals surface area contributed by atoms with Crippen molar-refractivity contribution in [3.05, 3.63) is 44.6 Å². The minimum absolute atomic E-state index is 0.00456. The van der Waals surface area contributed by atoms with Gasteiger partial charge in [-0.15, -0.1) is 11.3 Å². The van der Waals surface area contributed by atoms with Gasteiger partial charge >= 0.3 is 6.03 Å². The molecule has 0 radical (unpaired) electrons. The van der Waals surface area contributed by atoms with Crippen LogP contribution in [0.4, 0.5) is 16.2 Å². The van der Waals surface area contributed by atoms with Crippen LogP contribution in [0.3, 0.4) is 0 Å². The lowest BCUT2D eigenvalue weighted by molar-refractivity contribution is 0.259. The highest BCUT2D eigenvalue weighted by Crippen LogP contribution is 2.36. The van der Waals surface area contributed by atoms with Gasteiger partial charge in [0, 0.05) is 16.9 Å². The summed E-state index contributed by atoms with van der Waals surface area (Å²) in [5, 5.41) is 5.82. The fourth-order valence-corrected chi connectivity index (χ4v) is 3.45. The molecular formula is C13H13Cl2N3OS. The van der Waals surface area contributed by atoms with Crippen molar-refractivity contribution in [3.8, 4) is 0 Å². The van der Waals surface area contributed by atoms with Crippen LogP contribution in [0.5, 0.6) is 0 Å². The highest BCUT2D eigenvalue weighted by atomic mass is 35.5. The van der Waals surface area contributed by atoms with Crippen LogP contribution in [-0.4, -0.2) is 6.03 Å². The predicted molar refractivity (Wildman–Crippen MR) is 86.0 cm³/mol.